The fourth-order valence-corrected chi connectivity index (χ4v) is 1.73. The van der Waals surface area contributed by atoms with Crippen LogP contribution in [0.2, 0.25) is 0 Å². The van der Waals surface area contributed by atoms with Crippen LogP contribution in [0.4, 0.5) is 0 Å². The second-order valence-corrected chi connectivity index (χ2v) is 4.28. The van der Waals surface area contributed by atoms with Gasteiger partial charge in [0.25, 0.3) is 5.91 Å². The van der Waals surface area contributed by atoms with Gasteiger partial charge in [0.05, 0.1) is 12.7 Å². The molecule has 3 N–H and O–H groups in total. The molecule has 0 bridgehead atoms. The fraction of sp³-hybridized carbons (Fsp3) is 0.286. The van der Waals surface area contributed by atoms with Gasteiger partial charge in [-0.2, -0.15) is 0 Å². The Balaban J connectivity index is 1.92. The molecular weight excluding hydrogens is 242 g/mol. The summed E-state index contributed by atoms with van der Waals surface area (Å²) in [5.74, 6) is 1.09. The van der Waals surface area contributed by atoms with Crippen molar-refractivity contribution in [1.82, 2.24) is 10.3 Å². The normalized spacial score (nSPS) is 10.4. The molecule has 0 radical (unpaired) electrons. The molecule has 0 saturated carbocycles. The number of nitrogens with two attached hydrogens (primary N) is 1. The van der Waals surface area contributed by atoms with Crippen molar-refractivity contribution < 1.29 is 9.21 Å². The van der Waals surface area contributed by atoms with Crippen molar-refractivity contribution in [3.05, 3.63) is 53.2 Å². The molecule has 100 valence electrons. The number of hydrogen-bond donors (Lipinski definition) is 2. The Morgan fingerprint density at radius 1 is 1.37 bits per heavy atom. The second kappa shape index (κ2) is 6.15. The third-order valence-electron chi connectivity index (χ3n) is 2.72. The molecule has 0 aliphatic heterocycles. The molecule has 1 aromatic heterocycles. The molecule has 5 heteroatoms. The number of hydrogen-bond acceptors (Lipinski definition) is 4. The molecular formula is C14H17N3O2. The van der Waals surface area contributed by atoms with Gasteiger partial charge in [0.1, 0.15) is 5.76 Å². The van der Waals surface area contributed by atoms with Crippen LogP contribution in [0.5, 0.6) is 0 Å². The first kappa shape index (κ1) is 13.3. The minimum atomic E-state index is -0.143. The summed E-state index contributed by atoms with van der Waals surface area (Å²) in [5, 5.41) is 2.76. The first-order valence-electron chi connectivity index (χ1n) is 6.17. The molecule has 5 nitrogen and oxygen atoms in total. The third kappa shape index (κ3) is 3.66. The van der Waals surface area contributed by atoms with Gasteiger partial charge >= 0.3 is 0 Å². The standard InChI is InChI=1S/C14H17N3O2/c1-10-8-16-13(19-10)9-17-14(18)12-4-2-11(3-5-12)6-7-15/h2-5,8H,6-7,9,15H2,1H3,(H,17,18). The van der Waals surface area contributed by atoms with Crippen LogP contribution < -0.4 is 11.1 Å². The van der Waals surface area contributed by atoms with E-state index >= 15 is 0 Å². The summed E-state index contributed by atoms with van der Waals surface area (Å²) in [4.78, 5) is 15.9. The minimum absolute atomic E-state index is 0.143. The monoisotopic (exact) mass is 259 g/mol. The molecule has 0 saturated heterocycles. The van der Waals surface area contributed by atoms with Crippen LogP contribution in [0.1, 0.15) is 27.6 Å². The predicted octanol–water partition coefficient (Wildman–Crippen LogP) is 1.41. The zero-order valence-corrected chi connectivity index (χ0v) is 10.8. The number of oxazole rings is 1. The minimum Gasteiger partial charge on any atom is -0.444 e. The highest BCUT2D eigenvalue weighted by Gasteiger charge is 2.07. The Hall–Kier alpha value is -2.14. The van der Waals surface area contributed by atoms with E-state index in [1.807, 2.05) is 19.1 Å². The van der Waals surface area contributed by atoms with Gasteiger partial charge < -0.3 is 15.5 Å². The Kier molecular flexibility index (Phi) is 4.30. The van der Waals surface area contributed by atoms with Gasteiger partial charge in [-0.25, -0.2) is 4.98 Å². The van der Waals surface area contributed by atoms with E-state index in [1.165, 1.54) is 0 Å². The lowest BCUT2D eigenvalue weighted by Crippen LogP contribution is -2.22. The average Bonchev–Trinajstić information content (AvgIpc) is 2.83. The first-order chi connectivity index (χ1) is 9.19. The number of carbonyl (C=O) groups excluding carboxylic acids is 1. The number of aromatic nitrogens is 1. The zero-order valence-electron chi connectivity index (χ0n) is 10.8. The highest BCUT2D eigenvalue weighted by atomic mass is 16.4. The van der Waals surface area contributed by atoms with Gasteiger partial charge in [-0.3, -0.25) is 4.79 Å². The largest absolute Gasteiger partial charge is 0.444 e. The van der Waals surface area contributed by atoms with Crippen LogP contribution in [-0.2, 0) is 13.0 Å². The summed E-state index contributed by atoms with van der Waals surface area (Å²) in [6.45, 7) is 2.71. The van der Waals surface area contributed by atoms with Crippen molar-refractivity contribution in [2.45, 2.75) is 19.9 Å². The number of carbonyl (C=O) groups is 1. The fourth-order valence-electron chi connectivity index (χ4n) is 1.73. The molecule has 2 rings (SSSR count). The van der Waals surface area contributed by atoms with E-state index in [0.717, 1.165) is 17.7 Å². The lowest BCUT2D eigenvalue weighted by atomic mass is 10.1. The van der Waals surface area contributed by atoms with Crippen LogP contribution in [-0.4, -0.2) is 17.4 Å². The highest BCUT2D eigenvalue weighted by molar-refractivity contribution is 5.94. The van der Waals surface area contributed by atoms with Crippen molar-refractivity contribution in [2.24, 2.45) is 5.73 Å². The maximum atomic E-state index is 11.9. The molecule has 0 fully saturated rings. The van der Waals surface area contributed by atoms with Gasteiger partial charge in [0.15, 0.2) is 0 Å². The molecule has 0 aliphatic rings. The summed E-state index contributed by atoms with van der Waals surface area (Å²) in [6.07, 6.45) is 2.45. The number of rotatable bonds is 5. The lowest BCUT2D eigenvalue weighted by Gasteiger charge is -2.04. The third-order valence-corrected chi connectivity index (χ3v) is 2.72. The molecule has 1 aromatic carbocycles. The summed E-state index contributed by atoms with van der Waals surface area (Å²) in [5.41, 5.74) is 7.22. The van der Waals surface area contributed by atoms with Gasteiger partial charge in [-0.1, -0.05) is 12.1 Å². The maximum absolute atomic E-state index is 11.9. The van der Waals surface area contributed by atoms with Crippen LogP contribution in [0.25, 0.3) is 0 Å². The summed E-state index contributed by atoms with van der Waals surface area (Å²) in [6, 6.07) is 7.41. The second-order valence-electron chi connectivity index (χ2n) is 4.28. The molecule has 1 heterocycles. The van der Waals surface area contributed by atoms with Crippen LogP contribution >= 0.6 is 0 Å². The molecule has 1 amide bonds. The molecule has 0 unspecified atom stereocenters. The molecule has 0 spiro atoms. The number of benzene rings is 1. The number of aryl methyl sites for hydroxylation is 1. The predicted molar refractivity (Wildman–Crippen MR) is 71.6 cm³/mol. The summed E-state index contributed by atoms with van der Waals surface area (Å²) < 4.78 is 5.28. The van der Waals surface area contributed by atoms with Crippen LogP contribution in [0.15, 0.2) is 34.9 Å². The smallest absolute Gasteiger partial charge is 0.251 e. The van der Waals surface area contributed by atoms with Gasteiger partial charge in [0, 0.05) is 5.56 Å². The number of amides is 1. The Bertz CT molecular complexity index is 546. The van der Waals surface area contributed by atoms with Gasteiger partial charge in [-0.15, -0.1) is 0 Å². The maximum Gasteiger partial charge on any atom is 0.251 e. The topological polar surface area (TPSA) is 81.2 Å². The van der Waals surface area contributed by atoms with E-state index in [0.29, 0.717) is 18.0 Å². The average molecular weight is 259 g/mol. The van der Waals surface area contributed by atoms with Crippen LogP contribution in [0, 0.1) is 6.92 Å². The van der Waals surface area contributed by atoms with E-state index in [2.05, 4.69) is 10.3 Å². The van der Waals surface area contributed by atoms with Gasteiger partial charge in [0.2, 0.25) is 5.89 Å². The van der Waals surface area contributed by atoms with Crippen molar-refractivity contribution in [3.63, 3.8) is 0 Å². The first-order valence-corrected chi connectivity index (χ1v) is 6.17. The van der Waals surface area contributed by atoms with E-state index in [1.54, 1.807) is 18.3 Å². The van der Waals surface area contributed by atoms with E-state index in [-0.39, 0.29) is 12.5 Å². The molecule has 0 aliphatic carbocycles. The van der Waals surface area contributed by atoms with Crippen molar-refractivity contribution in [3.8, 4) is 0 Å². The van der Waals surface area contributed by atoms with Crippen molar-refractivity contribution in [1.29, 1.82) is 0 Å². The lowest BCUT2D eigenvalue weighted by molar-refractivity contribution is 0.0947. The van der Waals surface area contributed by atoms with Gasteiger partial charge in [-0.05, 0) is 37.6 Å². The van der Waals surface area contributed by atoms with Crippen molar-refractivity contribution in [2.75, 3.05) is 6.54 Å². The molecule has 2 aromatic rings. The zero-order chi connectivity index (χ0) is 13.7. The van der Waals surface area contributed by atoms with E-state index < -0.39 is 0 Å². The van der Waals surface area contributed by atoms with Crippen LogP contribution in [0.3, 0.4) is 0 Å². The Morgan fingerprint density at radius 3 is 2.68 bits per heavy atom. The number of nitrogens with zero attached hydrogens (tertiary/aromatic N) is 1. The molecule has 0 atom stereocenters. The van der Waals surface area contributed by atoms with E-state index in [4.69, 9.17) is 10.2 Å². The Labute approximate surface area is 111 Å². The quantitative estimate of drug-likeness (QED) is 0.850. The highest BCUT2D eigenvalue weighted by Crippen LogP contribution is 2.06. The SMILES string of the molecule is Cc1cnc(CNC(=O)c2ccc(CCN)cc2)o1. The number of nitrogens with one attached hydrogen (secondary N) is 1. The Morgan fingerprint density at radius 2 is 2.11 bits per heavy atom. The van der Waals surface area contributed by atoms with E-state index in [9.17, 15) is 4.79 Å². The summed E-state index contributed by atoms with van der Waals surface area (Å²) in [7, 11) is 0. The summed E-state index contributed by atoms with van der Waals surface area (Å²) >= 11 is 0. The molecule has 19 heavy (non-hydrogen) atoms. The van der Waals surface area contributed by atoms with Crippen molar-refractivity contribution >= 4 is 5.91 Å².